The van der Waals surface area contributed by atoms with Gasteiger partial charge in [-0.05, 0) is 17.7 Å². The van der Waals surface area contributed by atoms with Gasteiger partial charge in [-0.15, -0.1) is 21.5 Å². The van der Waals surface area contributed by atoms with Crippen molar-refractivity contribution in [2.24, 2.45) is 0 Å². The highest BCUT2D eigenvalue weighted by Crippen LogP contribution is 2.45. The van der Waals surface area contributed by atoms with Crippen molar-refractivity contribution in [3.63, 3.8) is 0 Å². The monoisotopic (exact) mass is 316 g/mol. The number of ether oxygens (including phenoxy) is 1. The number of thiophene rings is 1. The summed E-state index contributed by atoms with van der Waals surface area (Å²) in [6.07, 6.45) is 0. The second-order valence-electron chi connectivity index (χ2n) is 4.50. The van der Waals surface area contributed by atoms with Crippen molar-refractivity contribution >= 4 is 17.3 Å². The first-order valence-electron chi connectivity index (χ1n) is 6.44. The first-order valence-corrected chi connectivity index (χ1v) is 7.25. The predicted molar refractivity (Wildman–Crippen MR) is 80.8 cm³/mol. The van der Waals surface area contributed by atoms with Crippen molar-refractivity contribution in [1.29, 1.82) is 0 Å². The maximum atomic E-state index is 10.8. The number of benzene rings is 1. The Balaban J connectivity index is 2.10. The largest absolute Gasteiger partial charge is 0.480 e. The minimum Gasteiger partial charge on any atom is -0.480 e. The molecule has 3 aromatic rings. The normalized spacial score (nSPS) is 10.6. The number of carboxylic acid groups (broad SMARTS) is 1. The number of nitrogens with zero attached hydrogens (tertiary/aromatic N) is 3. The van der Waals surface area contributed by atoms with Gasteiger partial charge in [0.25, 0.3) is 0 Å². The Morgan fingerprint density at radius 1 is 1.32 bits per heavy atom. The molecule has 3 rings (SSSR count). The fourth-order valence-electron chi connectivity index (χ4n) is 2.08. The van der Waals surface area contributed by atoms with Crippen molar-refractivity contribution in [3.05, 3.63) is 35.9 Å². The Kier molecular flexibility index (Phi) is 3.84. The van der Waals surface area contributed by atoms with Gasteiger partial charge in [-0.25, -0.2) is 4.79 Å². The summed E-state index contributed by atoms with van der Waals surface area (Å²) < 4.78 is 5.44. The highest BCUT2D eigenvalue weighted by molar-refractivity contribution is 7.19. The number of hydrogen-bond acceptors (Lipinski definition) is 6. The van der Waals surface area contributed by atoms with Crippen LogP contribution in [0.5, 0.6) is 5.75 Å². The van der Waals surface area contributed by atoms with Gasteiger partial charge >= 0.3 is 5.97 Å². The second-order valence-corrected chi connectivity index (χ2v) is 5.52. The van der Waals surface area contributed by atoms with E-state index in [0.29, 0.717) is 16.5 Å². The number of tetrazole rings is 1. The standard InChI is InChI=1S/C14H12N4O3S/c1-8-11(21-7-10(19)20)13(14-15-17-18-16-14)22-12(8)9-5-3-2-4-6-9/h2-6H,7H2,1H3,(H,19,20)(H,15,16,17,18). The van der Waals surface area contributed by atoms with E-state index in [9.17, 15) is 4.79 Å². The molecule has 0 amide bonds. The highest BCUT2D eigenvalue weighted by atomic mass is 32.1. The lowest BCUT2D eigenvalue weighted by molar-refractivity contribution is -0.139. The number of aliphatic carboxylic acids is 1. The molecule has 0 bridgehead atoms. The molecule has 0 saturated carbocycles. The third-order valence-electron chi connectivity index (χ3n) is 3.02. The molecule has 0 saturated heterocycles. The maximum absolute atomic E-state index is 10.8. The summed E-state index contributed by atoms with van der Waals surface area (Å²) in [4.78, 5) is 12.4. The maximum Gasteiger partial charge on any atom is 0.341 e. The number of hydrogen-bond donors (Lipinski definition) is 2. The van der Waals surface area contributed by atoms with Crippen molar-refractivity contribution in [1.82, 2.24) is 20.6 Å². The number of rotatable bonds is 5. The van der Waals surface area contributed by atoms with Gasteiger partial charge in [0, 0.05) is 10.4 Å². The zero-order chi connectivity index (χ0) is 15.5. The Morgan fingerprint density at radius 2 is 2.09 bits per heavy atom. The number of H-pyrrole nitrogens is 1. The quantitative estimate of drug-likeness (QED) is 0.749. The summed E-state index contributed by atoms with van der Waals surface area (Å²) in [6.45, 7) is 1.47. The molecule has 0 spiro atoms. The second kappa shape index (κ2) is 5.94. The van der Waals surface area contributed by atoms with E-state index >= 15 is 0 Å². The molecular formula is C14H12N4O3S. The van der Waals surface area contributed by atoms with Crippen molar-refractivity contribution in [2.75, 3.05) is 6.61 Å². The molecule has 0 atom stereocenters. The Bertz CT molecular complexity index is 784. The van der Waals surface area contributed by atoms with Crippen LogP contribution in [0.4, 0.5) is 0 Å². The van der Waals surface area contributed by atoms with E-state index in [-0.39, 0.29) is 0 Å². The fraction of sp³-hybridized carbons (Fsp3) is 0.143. The molecule has 22 heavy (non-hydrogen) atoms. The van der Waals surface area contributed by atoms with E-state index in [2.05, 4.69) is 20.6 Å². The van der Waals surface area contributed by atoms with Crippen LogP contribution in [0.25, 0.3) is 21.1 Å². The molecule has 0 unspecified atom stereocenters. The van der Waals surface area contributed by atoms with E-state index < -0.39 is 12.6 Å². The fourth-order valence-corrected chi connectivity index (χ4v) is 3.26. The van der Waals surface area contributed by atoms with Gasteiger partial charge in [0.1, 0.15) is 10.6 Å². The lowest BCUT2D eigenvalue weighted by atomic mass is 10.1. The third kappa shape index (κ3) is 2.68. The predicted octanol–water partition coefficient (Wildman–Crippen LogP) is 2.37. The van der Waals surface area contributed by atoms with E-state index in [4.69, 9.17) is 9.84 Å². The zero-order valence-electron chi connectivity index (χ0n) is 11.6. The summed E-state index contributed by atoms with van der Waals surface area (Å²) in [7, 11) is 0. The van der Waals surface area contributed by atoms with Gasteiger partial charge < -0.3 is 9.84 Å². The van der Waals surface area contributed by atoms with Crippen LogP contribution in [-0.2, 0) is 4.79 Å². The minimum absolute atomic E-state index is 0.385. The highest BCUT2D eigenvalue weighted by Gasteiger charge is 2.22. The molecule has 2 N–H and O–H groups in total. The first-order chi connectivity index (χ1) is 10.7. The summed E-state index contributed by atoms with van der Waals surface area (Å²) in [5.41, 5.74) is 1.89. The number of carbonyl (C=O) groups is 1. The van der Waals surface area contributed by atoms with Crippen LogP contribution in [-0.4, -0.2) is 38.3 Å². The minimum atomic E-state index is -1.04. The molecular weight excluding hydrogens is 304 g/mol. The number of aromatic nitrogens is 4. The first kappa shape index (κ1) is 14.2. The lowest BCUT2D eigenvalue weighted by Crippen LogP contribution is -2.10. The summed E-state index contributed by atoms with van der Waals surface area (Å²) in [5.74, 6) is -0.172. The van der Waals surface area contributed by atoms with Gasteiger partial charge in [-0.2, -0.15) is 5.21 Å². The average molecular weight is 316 g/mol. The van der Waals surface area contributed by atoms with Crippen LogP contribution in [0.1, 0.15) is 5.56 Å². The Labute approximate surface area is 129 Å². The molecule has 2 aromatic heterocycles. The molecule has 0 aliphatic rings. The topological polar surface area (TPSA) is 101 Å². The zero-order valence-corrected chi connectivity index (χ0v) is 12.4. The van der Waals surface area contributed by atoms with Gasteiger partial charge in [-0.1, -0.05) is 30.3 Å². The molecule has 2 heterocycles. The molecule has 0 radical (unpaired) electrons. The Morgan fingerprint density at radius 3 is 2.73 bits per heavy atom. The SMILES string of the molecule is Cc1c(-c2ccccc2)sc(-c2nn[nH]n2)c1OCC(=O)O. The van der Waals surface area contributed by atoms with E-state index in [1.165, 1.54) is 11.3 Å². The van der Waals surface area contributed by atoms with E-state index in [0.717, 1.165) is 16.0 Å². The van der Waals surface area contributed by atoms with Gasteiger partial charge in [-0.3, -0.25) is 0 Å². The summed E-state index contributed by atoms with van der Waals surface area (Å²) in [5, 5.41) is 22.7. The number of aromatic amines is 1. The average Bonchev–Trinajstić information content (AvgIpc) is 3.14. The number of carboxylic acids is 1. The lowest BCUT2D eigenvalue weighted by Gasteiger charge is -2.05. The molecule has 0 fully saturated rings. The number of nitrogens with one attached hydrogen (secondary N) is 1. The van der Waals surface area contributed by atoms with Crippen molar-refractivity contribution < 1.29 is 14.6 Å². The van der Waals surface area contributed by atoms with Crippen LogP contribution < -0.4 is 4.74 Å². The Hall–Kier alpha value is -2.74. The van der Waals surface area contributed by atoms with E-state index in [1.54, 1.807) is 0 Å². The molecule has 0 aliphatic carbocycles. The van der Waals surface area contributed by atoms with Crippen LogP contribution in [0, 0.1) is 6.92 Å². The third-order valence-corrected chi connectivity index (χ3v) is 4.33. The summed E-state index contributed by atoms with van der Waals surface area (Å²) >= 11 is 1.45. The van der Waals surface area contributed by atoms with Crippen LogP contribution >= 0.6 is 11.3 Å². The molecule has 8 heteroatoms. The van der Waals surface area contributed by atoms with Crippen molar-refractivity contribution in [2.45, 2.75) is 6.92 Å². The van der Waals surface area contributed by atoms with Gasteiger partial charge in [0.15, 0.2) is 6.61 Å². The molecule has 1 aromatic carbocycles. The van der Waals surface area contributed by atoms with Crippen LogP contribution in [0.3, 0.4) is 0 Å². The van der Waals surface area contributed by atoms with Crippen LogP contribution in [0.15, 0.2) is 30.3 Å². The van der Waals surface area contributed by atoms with Crippen molar-refractivity contribution in [3.8, 4) is 26.9 Å². The summed E-state index contributed by atoms with van der Waals surface area (Å²) in [6, 6.07) is 9.80. The van der Waals surface area contributed by atoms with Gasteiger partial charge in [0.2, 0.25) is 5.82 Å². The van der Waals surface area contributed by atoms with Crippen LogP contribution in [0.2, 0.25) is 0 Å². The molecule has 7 nitrogen and oxygen atoms in total. The van der Waals surface area contributed by atoms with Gasteiger partial charge in [0.05, 0.1) is 0 Å². The van der Waals surface area contributed by atoms with E-state index in [1.807, 2.05) is 37.3 Å². The molecule has 112 valence electrons. The molecule has 0 aliphatic heterocycles. The smallest absolute Gasteiger partial charge is 0.341 e.